The molecule has 1 aromatic heterocycles. The first-order chi connectivity index (χ1) is 14.1. The summed E-state index contributed by atoms with van der Waals surface area (Å²) >= 11 is 3.23. The van der Waals surface area contributed by atoms with Crippen LogP contribution in [0.2, 0.25) is 0 Å². The van der Waals surface area contributed by atoms with Crippen molar-refractivity contribution in [3.63, 3.8) is 0 Å². The van der Waals surface area contributed by atoms with E-state index in [4.69, 9.17) is 10.1 Å². The van der Waals surface area contributed by atoms with Gasteiger partial charge in [0.1, 0.15) is 11.6 Å². The van der Waals surface area contributed by atoms with E-state index in [2.05, 4.69) is 11.9 Å². The zero-order valence-corrected chi connectivity index (χ0v) is 17.8. The van der Waals surface area contributed by atoms with Crippen LogP contribution >= 0.6 is 23.5 Å². The molecule has 1 unspecified atom stereocenters. The SMILES string of the molecule is C=CCSC1=C2C(=N)n3cccc3C2C(C(=O)Nc2ccccc2OC)=C(C)S1. The number of nitrogens with zero attached hydrogens (tertiary/aromatic N) is 1. The van der Waals surface area contributed by atoms with Gasteiger partial charge in [-0.05, 0) is 36.1 Å². The normalized spacial score (nSPS) is 17.9. The molecule has 1 aromatic carbocycles. The third-order valence-electron chi connectivity index (χ3n) is 4.93. The number of ether oxygens (including phenoxy) is 1. The predicted molar refractivity (Wildman–Crippen MR) is 122 cm³/mol. The van der Waals surface area contributed by atoms with E-state index < -0.39 is 0 Å². The first kappa shape index (κ1) is 19.7. The lowest BCUT2D eigenvalue weighted by atomic mass is 9.89. The number of methoxy groups -OCH3 is 1. The second kappa shape index (κ2) is 8.00. The van der Waals surface area contributed by atoms with Gasteiger partial charge in [0.25, 0.3) is 5.91 Å². The fourth-order valence-corrected chi connectivity index (χ4v) is 6.05. The van der Waals surface area contributed by atoms with Gasteiger partial charge in [-0.3, -0.25) is 10.2 Å². The fourth-order valence-electron chi connectivity index (χ4n) is 3.68. The highest BCUT2D eigenvalue weighted by atomic mass is 32.2. The Kier molecular flexibility index (Phi) is 5.43. The number of para-hydroxylation sites is 2. The van der Waals surface area contributed by atoms with Crippen molar-refractivity contribution in [2.75, 3.05) is 18.2 Å². The number of hydrogen-bond donors (Lipinski definition) is 2. The summed E-state index contributed by atoms with van der Waals surface area (Å²) in [6, 6.07) is 11.3. The molecule has 0 aliphatic carbocycles. The number of anilines is 1. The molecular weight excluding hydrogens is 402 g/mol. The van der Waals surface area contributed by atoms with Crippen LogP contribution in [0.1, 0.15) is 18.5 Å². The lowest BCUT2D eigenvalue weighted by Gasteiger charge is -2.26. The second-order valence-electron chi connectivity index (χ2n) is 6.61. The van der Waals surface area contributed by atoms with Gasteiger partial charge in [-0.1, -0.05) is 30.0 Å². The molecule has 5 nitrogen and oxygen atoms in total. The standard InChI is InChI=1S/C22H21N3O2S2/c1-4-12-28-22-19-18(15-9-7-11-25(15)20(19)23)17(13(2)29-22)21(26)24-14-8-5-6-10-16(14)27-3/h4-11,18,23H,1,12H2,2-3H3,(H,24,26). The maximum Gasteiger partial charge on any atom is 0.253 e. The average molecular weight is 424 g/mol. The first-order valence-electron chi connectivity index (χ1n) is 9.14. The van der Waals surface area contributed by atoms with Crippen molar-refractivity contribution in [1.82, 2.24) is 4.57 Å². The van der Waals surface area contributed by atoms with Crippen LogP contribution in [-0.2, 0) is 4.79 Å². The highest BCUT2D eigenvalue weighted by Crippen LogP contribution is 2.53. The summed E-state index contributed by atoms with van der Waals surface area (Å²) < 4.78 is 8.30. The van der Waals surface area contributed by atoms with E-state index in [1.54, 1.807) is 30.6 Å². The van der Waals surface area contributed by atoms with E-state index in [-0.39, 0.29) is 11.8 Å². The lowest BCUT2D eigenvalue weighted by molar-refractivity contribution is -0.113. The number of thioether (sulfide) groups is 2. The van der Waals surface area contributed by atoms with E-state index in [0.29, 0.717) is 22.8 Å². The van der Waals surface area contributed by atoms with Crippen molar-refractivity contribution in [2.45, 2.75) is 12.8 Å². The first-order valence-corrected chi connectivity index (χ1v) is 10.9. The number of allylic oxidation sites excluding steroid dienone is 2. The van der Waals surface area contributed by atoms with Gasteiger partial charge in [-0.2, -0.15) is 0 Å². The molecule has 1 atom stereocenters. The minimum Gasteiger partial charge on any atom is -0.495 e. The Bertz CT molecular complexity index is 1080. The smallest absolute Gasteiger partial charge is 0.253 e. The Morgan fingerprint density at radius 2 is 2.17 bits per heavy atom. The van der Waals surface area contributed by atoms with Crippen LogP contribution < -0.4 is 10.1 Å². The molecule has 0 saturated heterocycles. The van der Waals surface area contributed by atoms with Crippen molar-refractivity contribution in [2.24, 2.45) is 0 Å². The highest BCUT2D eigenvalue weighted by Gasteiger charge is 2.42. The zero-order chi connectivity index (χ0) is 20.5. The molecule has 1 amide bonds. The van der Waals surface area contributed by atoms with Crippen LogP contribution in [0.4, 0.5) is 5.69 Å². The number of rotatable bonds is 6. The maximum atomic E-state index is 13.4. The topological polar surface area (TPSA) is 67.1 Å². The largest absolute Gasteiger partial charge is 0.495 e. The van der Waals surface area contributed by atoms with E-state index >= 15 is 0 Å². The molecule has 29 heavy (non-hydrogen) atoms. The molecule has 0 fully saturated rings. The number of nitrogens with one attached hydrogen (secondary N) is 2. The van der Waals surface area contributed by atoms with E-state index in [9.17, 15) is 4.79 Å². The van der Waals surface area contributed by atoms with E-state index in [1.165, 1.54) is 0 Å². The molecule has 148 valence electrons. The number of carbonyl (C=O) groups excluding carboxylic acids is 1. The molecule has 3 heterocycles. The quantitative estimate of drug-likeness (QED) is 0.626. The average Bonchev–Trinajstić information content (AvgIpc) is 3.30. The van der Waals surface area contributed by atoms with Gasteiger partial charge in [-0.15, -0.1) is 18.3 Å². The Morgan fingerprint density at radius 3 is 2.93 bits per heavy atom. The number of benzene rings is 1. The van der Waals surface area contributed by atoms with E-state index in [1.807, 2.05) is 60.2 Å². The summed E-state index contributed by atoms with van der Waals surface area (Å²) in [5.74, 6) is 1.39. The molecule has 4 rings (SSSR count). The molecular formula is C22H21N3O2S2. The van der Waals surface area contributed by atoms with Gasteiger partial charge >= 0.3 is 0 Å². The number of amides is 1. The molecule has 2 aromatic rings. The summed E-state index contributed by atoms with van der Waals surface area (Å²) in [5, 5.41) is 11.7. The minimum absolute atomic E-state index is 0.169. The van der Waals surface area contributed by atoms with Crippen molar-refractivity contribution >= 4 is 41.0 Å². The monoisotopic (exact) mass is 423 g/mol. The number of aromatic nitrogens is 1. The Labute approximate surface area is 178 Å². The third-order valence-corrected chi connectivity index (χ3v) is 7.35. The van der Waals surface area contributed by atoms with Gasteiger partial charge in [0.2, 0.25) is 0 Å². The molecule has 2 aliphatic heterocycles. The summed E-state index contributed by atoms with van der Waals surface area (Å²) in [5.41, 5.74) is 3.16. The van der Waals surface area contributed by atoms with Crippen molar-refractivity contribution in [3.8, 4) is 5.75 Å². The Morgan fingerprint density at radius 1 is 1.38 bits per heavy atom. The van der Waals surface area contributed by atoms with Crippen molar-refractivity contribution in [3.05, 3.63) is 81.2 Å². The van der Waals surface area contributed by atoms with E-state index in [0.717, 1.165) is 26.2 Å². The summed E-state index contributed by atoms with van der Waals surface area (Å²) in [4.78, 5) is 14.3. The van der Waals surface area contributed by atoms with Crippen LogP contribution in [0.5, 0.6) is 5.75 Å². The van der Waals surface area contributed by atoms with Crippen LogP contribution in [0.25, 0.3) is 0 Å². The Balaban J connectivity index is 1.75. The minimum atomic E-state index is -0.249. The molecule has 0 spiro atoms. The second-order valence-corrected chi connectivity index (χ2v) is 9.13. The predicted octanol–water partition coefficient (Wildman–Crippen LogP) is 5.21. The zero-order valence-electron chi connectivity index (χ0n) is 16.2. The van der Waals surface area contributed by atoms with Crippen LogP contribution in [-0.4, -0.2) is 29.2 Å². The fraction of sp³-hybridized carbons (Fsp3) is 0.182. The summed E-state index contributed by atoms with van der Waals surface area (Å²) in [6.07, 6.45) is 3.74. The Hall–Kier alpha value is -2.64. The van der Waals surface area contributed by atoms with Crippen molar-refractivity contribution < 1.29 is 9.53 Å². The van der Waals surface area contributed by atoms with Crippen molar-refractivity contribution in [1.29, 1.82) is 5.41 Å². The molecule has 2 N–H and O–H groups in total. The van der Waals surface area contributed by atoms with Crippen LogP contribution in [0.15, 0.2) is 75.5 Å². The summed E-state index contributed by atoms with van der Waals surface area (Å²) in [7, 11) is 1.58. The van der Waals surface area contributed by atoms with Gasteiger partial charge in [0.05, 0.1) is 23.0 Å². The molecule has 0 radical (unpaired) electrons. The van der Waals surface area contributed by atoms with Crippen LogP contribution in [0.3, 0.4) is 0 Å². The van der Waals surface area contributed by atoms with Gasteiger partial charge < -0.3 is 14.6 Å². The van der Waals surface area contributed by atoms with Crippen LogP contribution in [0, 0.1) is 5.41 Å². The van der Waals surface area contributed by atoms with Gasteiger partial charge in [-0.25, -0.2) is 0 Å². The molecule has 0 saturated carbocycles. The number of fused-ring (bicyclic) bond motifs is 3. The third kappa shape index (κ3) is 3.34. The highest BCUT2D eigenvalue weighted by molar-refractivity contribution is 8.24. The molecule has 7 heteroatoms. The summed E-state index contributed by atoms with van der Waals surface area (Å²) in [6.45, 7) is 5.78. The lowest BCUT2D eigenvalue weighted by Crippen LogP contribution is -2.23. The van der Waals surface area contributed by atoms with Gasteiger partial charge in [0.15, 0.2) is 0 Å². The van der Waals surface area contributed by atoms with Gasteiger partial charge in [0, 0.05) is 28.8 Å². The maximum absolute atomic E-state index is 13.4. The number of hydrogen-bond acceptors (Lipinski definition) is 5. The molecule has 2 aliphatic rings. The number of carbonyl (C=O) groups is 1. The molecule has 0 bridgehead atoms.